The third-order valence-electron chi connectivity index (χ3n) is 5.62. The van der Waals surface area contributed by atoms with Crippen molar-refractivity contribution in [3.8, 4) is 17.0 Å². The molecule has 168 valence electrons. The molecule has 1 unspecified atom stereocenters. The third-order valence-corrected chi connectivity index (χ3v) is 5.62. The summed E-state index contributed by atoms with van der Waals surface area (Å²) in [4.78, 5) is 29.7. The largest absolute Gasteiger partial charge is 0.477 e. The van der Waals surface area contributed by atoms with Gasteiger partial charge in [-0.1, -0.05) is 6.07 Å². The van der Waals surface area contributed by atoms with Crippen LogP contribution in [-0.4, -0.2) is 65.7 Å². The first-order chi connectivity index (χ1) is 15.4. The van der Waals surface area contributed by atoms with Gasteiger partial charge in [0.25, 0.3) is 0 Å². The first-order valence-corrected chi connectivity index (χ1v) is 11.0. The normalized spacial score (nSPS) is 16.5. The molecule has 1 N–H and O–H groups in total. The van der Waals surface area contributed by atoms with Crippen LogP contribution in [0.15, 0.2) is 42.7 Å². The number of amides is 2. The van der Waals surface area contributed by atoms with Gasteiger partial charge in [-0.25, -0.2) is 14.8 Å². The Hall–Kier alpha value is -3.26. The van der Waals surface area contributed by atoms with Crippen LogP contribution in [-0.2, 0) is 0 Å². The van der Waals surface area contributed by atoms with E-state index in [4.69, 9.17) is 4.74 Å². The molecular weight excluding hydrogens is 404 g/mol. The van der Waals surface area contributed by atoms with E-state index in [1.807, 2.05) is 50.4 Å². The minimum atomic E-state index is -0.214. The maximum Gasteiger partial charge on any atom is 0.323 e. The number of aromatic nitrogens is 3. The monoisotopic (exact) mass is 434 g/mol. The van der Waals surface area contributed by atoms with Crippen molar-refractivity contribution in [3.63, 3.8) is 0 Å². The molecule has 1 aromatic carbocycles. The molecule has 1 atom stereocenters. The van der Waals surface area contributed by atoms with Crippen LogP contribution in [0.1, 0.15) is 20.3 Å². The number of nitrogens with zero attached hydrogens (tertiary/aromatic N) is 5. The molecule has 0 radical (unpaired) electrons. The van der Waals surface area contributed by atoms with E-state index >= 15 is 0 Å². The van der Waals surface area contributed by atoms with Crippen LogP contribution in [0, 0.1) is 5.92 Å². The lowest BCUT2D eigenvalue weighted by Crippen LogP contribution is -2.41. The summed E-state index contributed by atoms with van der Waals surface area (Å²) in [5.41, 5.74) is 3.44. The Morgan fingerprint density at radius 2 is 2.00 bits per heavy atom. The highest BCUT2D eigenvalue weighted by atomic mass is 16.5. The van der Waals surface area contributed by atoms with Gasteiger partial charge < -0.3 is 15.0 Å². The van der Waals surface area contributed by atoms with Gasteiger partial charge in [0.15, 0.2) is 5.82 Å². The first kappa shape index (κ1) is 22.0. The van der Waals surface area contributed by atoms with Crippen molar-refractivity contribution in [1.29, 1.82) is 0 Å². The average molecular weight is 435 g/mol. The van der Waals surface area contributed by atoms with Crippen LogP contribution in [0.2, 0.25) is 0 Å². The second kappa shape index (κ2) is 9.48. The van der Waals surface area contributed by atoms with E-state index in [9.17, 15) is 4.79 Å². The highest BCUT2D eigenvalue weighted by Gasteiger charge is 2.20. The van der Waals surface area contributed by atoms with Crippen molar-refractivity contribution >= 4 is 22.9 Å². The number of ether oxygens (including phenoxy) is 1. The number of anilines is 1. The van der Waals surface area contributed by atoms with E-state index in [1.54, 1.807) is 13.2 Å². The Balaban J connectivity index is 1.48. The molecular formula is C24H30N6O2. The zero-order valence-corrected chi connectivity index (χ0v) is 19.1. The summed E-state index contributed by atoms with van der Waals surface area (Å²) in [7, 11) is 3.83. The lowest BCUT2D eigenvalue weighted by Gasteiger charge is -2.18. The van der Waals surface area contributed by atoms with Crippen molar-refractivity contribution < 1.29 is 9.53 Å². The maximum absolute atomic E-state index is 12.3. The number of rotatable bonds is 6. The van der Waals surface area contributed by atoms with Crippen molar-refractivity contribution in [2.45, 2.75) is 26.3 Å². The van der Waals surface area contributed by atoms with Gasteiger partial charge in [-0.2, -0.15) is 0 Å². The Bertz CT molecular complexity index is 1090. The Morgan fingerprint density at radius 3 is 2.69 bits per heavy atom. The van der Waals surface area contributed by atoms with Crippen molar-refractivity contribution in [1.82, 2.24) is 25.2 Å². The number of fused-ring (bicyclic) bond motifs is 1. The molecule has 3 heterocycles. The maximum atomic E-state index is 12.3. The predicted molar refractivity (Wildman–Crippen MR) is 126 cm³/mol. The van der Waals surface area contributed by atoms with Crippen molar-refractivity contribution in [2.24, 2.45) is 5.92 Å². The molecule has 1 fully saturated rings. The quantitative estimate of drug-likeness (QED) is 0.639. The van der Waals surface area contributed by atoms with E-state index in [0.717, 1.165) is 35.2 Å². The van der Waals surface area contributed by atoms with Crippen LogP contribution in [0.5, 0.6) is 5.88 Å². The molecule has 4 rings (SSSR count). The van der Waals surface area contributed by atoms with E-state index < -0.39 is 0 Å². The number of nitrogens with one attached hydrogen (secondary N) is 1. The Kier molecular flexibility index (Phi) is 6.50. The molecule has 0 saturated carbocycles. The standard InChI is InChI=1S/C24H30N6O2/c1-16(2)27-24(31)30(4)22-13-25-20-7-5-18(11-21(20)28-22)19-6-8-23(26-12-19)32-15-17-9-10-29(3)14-17/h5-8,11-13,16-17H,9-10,14-15H2,1-4H3,(H,27,31). The molecule has 1 saturated heterocycles. The number of hydrogen-bond donors (Lipinski definition) is 1. The van der Waals surface area contributed by atoms with Gasteiger partial charge in [0.1, 0.15) is 0 Å². The van der Waals surface area contributed by atoms with Gasteiger partial charge in [-0.3, -0.25) is 9.88 Å². The van der Waals surface area contributed by atoms with Crippen LogP contribution < -0.4 is 15.0 Å². The highest BCUT2D eigenvalue weighted by molar-refractivity contribution is 5.91. The van der Waals surface area contributed by atoms with Gasteiger partial charge in [-0.05, 0) is 57.6 Å². The number of urea groups is 1. The zero-order valence-electron chi connectivity index (χ0n) is 19.1. The first-order valence-electron chi connectivity index (χ1n) is 11.0. The van der Waals surface area contributed by atoms with Gasteiger partial charge in [-0.15, -0.1) is 0 Å². The molecule has 0 spiro atoms. The molecule has 32 heavy (non-hydrogen) atoms. The number of hydrogen-bond acceptors (Lipinski definition) is 6. The Labute approximate surface area is 188 Å². The van der Waals surface area contributed by atoms with Gasteiger partial charge >= 0.3 is 6.03 Å². The molecule has 1 aliphatic heterocycles. The smallest absolute Gasteiger partial charge is 0.323 e. The van der Waals surface area contributed by atoms with Crippen LogP contribution >= 0.6 is 0 Å². The summed E-state index contributed by atoms with van der Waals surface area (Å²) in [5.74, 6) is 1.70. The molecule has 0 aliphatic carbocycles. The lowest BCUT2D eigenvalue weighted by atomic mass is 10.1. The minimum absolute atomic E-state index is 0.0453. The number of carbonyl (C=O) groups excluding carboxylic acids is 1. The summed E-state index contributed by atoms with van der Waals surface area (Å²) in [5, 5.41) is 2.86. The fourth-order valence-corrected chi connectivity index (χ4v) is 3.79. The number of pyridine rings is 1. The minimum Gasteiger partial charge on any atom is -0.477 e. The van der Waals surface area contributed by atoms with Crippen LogP contribution in [0.25, 0.3) is 22.2 Å². The Morgan fingerprint density at radius 1 is 1.19 bits per heavy atom. The molecule has 8 nitrogen and oxygen atoms in total. The van der Waals surface area contributed by atoms with Crippen LogP contribution in [0.4, 0.5) is 10.6 Å². The highest BCUT2D eigenvalue weighted by Crippen LogP contribution is 2.25. The summed E-state index contributed by atoms with van der Waals surface area (Å²) in [6.45, 7) is 6.74. The molecule has 3 aromatic rings. The van der Waals surface area contributed by atoms with Crippen LogP contribution in [0.3, 0.4) is 0 Å². The number of likely N-dealkylation sites (tertiary alicyclic amines) is 1. The molecule has 8 heteroatoms. The topological polar surface area (TPSA) is 83.5 Å². The summed E-state index contributed by atoms with van der Waals surface area (Å²) >= 11 is 0. The molecule has 2 aromatic heterocycles. The van der Waals surface area contributed by atoms with E-state index in [-0.39, 0.29) is 12.1 Å². The van der Waals surface area contributed by atoms with E-state index in [1.165, 1.54) is 11.3 Å². The fraction of sp³-hybridized carbons (Fsp3) is 0.417. The zero-order chi connectivity index (χ0) is 22.7. The number of carbonyl (C=O) groups is 1. The predicted octanol–water partition coefficient (Wildman–Crippen LogP) is 3.58. The fourth-order valence-electron chi connectivity index (χ4n) is 3.79. The summed E-state index contributed by atoms with van der Waals surface area (Å²) in [6, 6.07) is 9.63. The summed E-state index contributed by atoms with van der Waals surface area (Å²) < 4.78 is 5.89. The van der Waals surface area contributed by atoms with E-state index in [2.05, 4.69) is 32.2 Å². The molecule has 2 amide bonds. The SMILES string of the molecule is CC(C)NC(=O)N(C)c1cnc2ccc(-c3ccc(OCC4CCN(C)C4)nc3)cc2n1. The van der Waals surface area contributed by atoms with Gasteiger partial charge in [0.2, 0.25) is 5.88 Å². The van der Waals surface area contributed by atoms with Gasteiger partial charge in [0.05, 0.1) is 23.8 Å². The van der Waals surface area contributed by atoms with Crippen molar-refractivity contribution in [2.75, 3.05) is 38.7 Å². The van der Waals surface area contributed by atoms with Crippen molar-refractivity contribution in [3.05, 3.63) is 42.7 Å². The van der Waals surface area contributed by atoms with Gasteiger partial charge in [0, 0.05) is 43.4 Å². The number of benzene rings is 1. The molecule has 0 bridgehead atoms. The second-order valence-corrected chi connectivity index (χ2v) is 8.71. The molecule has 1 aliphatic rings. The average Bonchev–Trinajstić information content (AvgIpc) is 3.21. The third kappa shape index (κ3) is 5.13. The summed E-state index contributed by atoms with van der Waals surface area (Å²) in [6.07, 6.45) is 4.59. The van der Waals surface area contributed by atoms with E-state index in [0.29, 0.717) is 24.2 Å². The lowest BCUT2D eigenvalue weighted by molar-refractivity contribution is 0.241. The second-order valence-electron chi connectivity index (χ2n) is 8.71.